The second-order valence-electron chi connectivity index (χ2n) is 5.78. The van der Waals surface area contributed by atoms with E-state index in [1.165, 1.54) is 25.2 Å². The zero-order valence-corrected chi connectivity index (χ0v) is 10.2. The van der Waals surface area contributed by atoms with Crippen molar-refractivity contribution in [1.82, 2.24) is 9.80 Å². The Kier molecular flexibility index (Phi) is 1.86. The molecule has 2 nitrogen and oxygen atoms in total. The molecule has 1 aromatic carbocycles. The van der Waals surface area contributed by atoms with Gasteiger partial charge in [-0.25, -0.2) is 0 Å². The normalized spacial score (nSPS) is 43.2. The summed E-state index contributed by atoms with van der Waals surface area (Å²) in [6.07, 6.45) is 4.87. The maximum Gasteiger partial charge on any atom is 0.0548 e. The van der Waals surface area contributed by atoms with E-state index in [0.717, 1.165) is 5.92 Å². The van der Waals surface area contributed by atoms with Crippen molar-refractivity contribution in [3.8, 4) is 0 Å². The molecule has 2 saturated heterocycles. The van der Waals surface area contributed by atoms with E-state index in [1.54, 1.807) is 0 Å². The van der Waals surface area contributed by atoms with Crippen LogP contribution in [0.4, 0.5) is 0 Å². The second-order valence-corrected chi connectivity index (χ2v) is 5.78. The summed E-state index contributed by atoms with van der Waals surface area (Å²) >= 11 is 0. The Morgan fingerprint density at radius 1 is 1.12 bits per heavy atom. The van der Waals surface area contributed by atoms with Crippen molar-refractivity contribution in [2.24, 2.45) is 5.92 Å². The molecule has 0 aromatic heterocycles. The van der Waals surface area contributed by atoms with Crippen LogP contribution in [0.15, 0.2) is 42.5 Å². The lowest BCUT2D eigenvalue weighted by Gasteiger charge is -2.27. The van der Waals surface area contributed by atoms with Crippen molar-refractivity contribution in [1.29, 1.82) is 0 Å². The highest BCUT2D eigenvalue weighted by Crippen LogP contribution is 2.53. The Morgan fingerprint density at radius 3 is 2.76 bits per heavy atom. The fraction of sp³-hybridized carbons (Fsp3) is 0.467. The summed E-state index contributed by atoms with van der Waals surface area (Å²) in [5.74, 6) is 0.757. The minimum atomic E-state index is 0.476. The fourth-order valence-electron chi connectivity index (χ4n) is 3.79. The smallest absolute Gasteiger partial charge is 0.0548 e. The van der Waals surface area contributed by atoms with Crippen LogP contribution in [0.3, 0.4) is 0 Å². The van der Waals surface area contributed by atoms with Crippen molar-refractivity contribution in [3.05, 3.63) is 48.0 Å². The van der Waals surface area contributed by atoms with Crippen molar-refractivity contribution in [3.63, 3.8) is 0 Å². The highest BCUT2D eigenvalue weighted by molar-refractivity contribution is 5.35. The molecule has 17 heavy (non-hydrogen) atoms. The molecular weight excluding hydrogens is 208 g/mol. The zero-order chi connectivity index (χ0) is 11.5. The van der Waals surface area contributed by atoms with Crippen molar-refractivity contribution in [2.45, 2.75) is 11.6 Å². The Morgan fingerprint density at radius 2 is 1.94 bits per heavy atom. The Bertz CT molecular complexity index is 467. The molecule has 2 fully saturated rings. The minimum Gasteiger partial charge on any atom is -0.304 e. The summed E-state index contributed by atoms with van der Waals surface area (Å²) in [5.41, 5.74) is 1.91. The number of hydrogen-bond acceptors (Lipinski definition) is 2. The standard InChI is InChI=1S/C15H18N2/c1-16-9-13-7-8-14(12-5-3-2-4-6-12)17-11-15(13,17)10-16/h2-8,13-14H,9-11H2,1H3/t13-,14+,15+,17?/m1/s1. The first-order valence-electron chi connectivity index (χ1n) is 6.48. The predicted molar refractivity (Wildman–Crippen MR) is 68.7 cm³/mol. The fourth-order valence-corrected chi connectivity index (χ4v) is 3.79. The van der Waals surface area contributed by atoms with Gasteiger partial charge in [0.15, 0.2) is 0 Å². The van der Waals surface area contributed by atoms with Gasteiger partial charge in [0, 0.05) is 25.6 Å². The molecule has 3 aliphatic rings. The van der Waals surface area contributed by atoms with Crippen molar-refractivity contribution in [2.75, 3.05) is 26.7 Å². The summed E-state index contributed by atoms with van der Waals surface area (Å²) < 4.78 is 0. The van der Waals surface area contributed by atoms with Crippen LogP contribution in [0.1, 0.15) is 11.6 Å². The van der Waals surface area contributed by atoms with Crippen molar-refractivity contribution >= 4 is 0 Å². The second kappa shape index (κ2) is 3.21. The van der Waals surface area contributed by atoms with E-state index >= 15 is 0 Å². The lowest BCUT2D eigenvalue weighted by Crippen LogP contribution is -2.32. The topological polar surface area (TPSA) is 6.25 Å². The summed E-state index contributed by atoms with van der Waals surface area (Å²) in [5, 5.41) is 0. The Balaban J connectivity index is 1.69. The molecule has 4 atom stereocenters. The monoisotopic (exact) mass is 226 g/mol. The third-order valence-corrected chi connectivity index (χ3v) is 4.66. The molecule has 3 aliphatic heterocycles. The number of rotatable bonds is 1. The molecule has 0 N–H and O–H groups in total. The molecule has 4 rings (SSSR count). The largest absolute Gasteiger partial charge is 0.304 e. The molecule has 0 saturated carbocycles. The summed E-state index contributed by atoms with van der Waals surface area (Å²) in [6, 6.07) is 11.4. The molecule has 1 aromatic rings. The van der Waals surface area contributed by atoms with Gasteiger partial charge in [-0.05, 0) is 12.6 Å². The first-order valence-corrected chi connectivity index (χ1v) is 6.48. The third kappa shape index (κ3) is 1.28. The van der Waals surface area contributed by atoms with Crippen molar-refractivity contribution < 1.29 is 0 Å². The van der Waals surface area contributed by atoms with Crippen LogP contribution in [0, 0.1) is 5.92 Å². The van der Waals surface area contributed by atoms with Gasteiger partial charge in [0.25, 0.3) is 0 Å². The zero-order valence-electron chi connectivity index (χ0n) is 10.2. The summed E-state index contributed by atoms with van der Waals surface area (Å²) in [4.78, 5) is 5.15. The third-order valence-electron chi connectivity index (χ3n) is 4.66. The van der Waals surface area contributed by atoms with Crippen LogP contribution in [0.5, 0.6) is 0 Å². The van der Waals surface area contributed by atoms with Crippen LogP contribution < -0.4 is 0 Å². The molecule has 88 valence electrons. The van der Waals surface area contributed by atoms with Gasteiger partial charge in [-0.1, -0.05) is 42.5 Å². The van der Waals surface area contributed by atoms with Gasteiger partial charge in [0.1, 0.15) is 0 Å². The van der Waals surface area contributed by atoms with Crippen LogP contribution in [-0.4, -0.2) is 42.0 Å². The molecular formula is C15H18N2. The molecule has 0 aliphatic carbocycles. The van der Waals surface area contributed by atoms with Gasteiger partial charge in [-0.2, -0.15) is 0 Å². The van der Waals surface area contributed by atoms with E-state index in [-0.39, 0.29) is 0 Å². The maximum atomic E-state index is 2.68. The Hall–Kier alpha value is -1.12. The molecule has 0 bridgehead atoms. The average molecular weight is 226 g/mol. The molecule has 2 heteroatoms. The SMILES string of the molecule is CN1C[C@H]2C=C[C@@H](c3ccccc3)N3C[C@@]23C1. The van der Waals surface area contributed by atoms with E-state index in [2.05, 4.69) is 59.3 Å². The van der Waals surface area contributed by atoms with Gasteiger partial charge in [-0.15, -0.1) is 0 Å². The van der Waals surface area contributed by atoms with Gasteiger partial charge in [0.2, 0.25) is 0 Å². The maximum absolute atomic E-state index is 2.68. The number of benzene rings is 1. The summed E-state index contributed by atoms with van der Waals surface area (Å²) in [7, 11) is 2.24. The predicted octanol–water partition coefficient (Wildman–Crippen LogP) is 1.91. The molecule has 0 amide bonds. The number of nitrogens with zero attached hydrogens (tertiary/aromatic N) is 2. The van der Waals surface area contributed by atoms with Gasteiger partial charge < -0.3 is 4.90 Å². The molecule has 1 unspecified atom stereocenters. The van der Waals surface area contributed by atoms with Crippen LogP contribution in [-0.2, 0) is 0 Å². The Labute approximate surface area is 103 Å². The number of likely N-dealkylation sites (N-methyl/N-ethyl adjacent to an activating group) is 1. The average Bonchev–Trinajstić information content (AvgIpc) is 2.97. The first kappa shape index (κ1) is 9.86. The van der Waals surface area contributed by atoms with E-state index in [0.29, 0.717) is 11.6 Å². The molecule has 1 spiro atoms. The molecule has 0 radical (unpaired) electrons. The van der Waals surface area contributed by atoms with Gasteiger partial charge in [0.05, 0.1) is 11.6 Å². The van der Waals surface area contributed by atoms with Crippen LogP contribution >= 0.6 is 0 Å². The van der Waals surface area contributed by atoms with Gasteiger partial charge >= 0.3 is 0 Å². The highest BCUT2D eigenvalue weighted by Gasteiger charge is 2.63. The summed E-state index contributed by atoms with van der Waals surface area (Å²) in [6.45, 7) is 3.74. The number of hydrogen-bond donors (Lipinski definition) is 0. The van der Waals surface area contributed by atoms with E-state index in [1.807, 2.05) is 0 Å². The first-order chi connectivity index (χ1) is 8.29. The van der Waals surface area contributed by atoms with Gasteiger partial charge in [-0.3, -0.25) is 4.90 Å². The quantitative estimate of drug-likeness (QED) is 0.533. The lowest BCUT2D eigenvalue weighted by atomic mass is 9.90. The van der Waals surface area contributed by atoms with E-state index < -0.39 is 0 Å². The number of likely N-dealkylation sites (tertiary alicyclic amines) is 1. The van der Waals surface area contributed by atoms with E-state index in [9.17, 15) is 0 Å². The lowest BCUT2D eigenvalue weighted by molar-refractivity contribution is 0.316. The highest BCUT2D eigenvalue weighted by atomic mass is 15.4. The molecule has 3 heterocycles. The van der Waals surface area contributed by atoms with Crippen LogP contribution in [0.2, 0.25) is 0 Å². The van der Waals surface area contributed by atoms with E-state index in [4.69, 9.17) is 0 Å². The minimum absolute atomic E-state index is 0.476. The van der Waals surface area contributed by atoms with Crippen LogP contribution in [0.25, 0.3) is 0 Å².